The lowest BCUT2D eigenvalue weighted by atomic mass is 10.1. The highest BCUT2D eigenvalue weighted by molar-refractivity contribution is 5.83. The number of H-pyrrole nitrogens is 1. The number of hydrogen-bond donors (Lipinski definition) is 2. The fourth-order valence-corrected chi connectivity index (χ4v) is 2.02. The van der Waals surface area contributed by atoms with Crippen LogP contribution in [0.4, 0.5) is 4.39 Å². The van der Waals surface area contributed by atoms with Crippen molar-refractivity contribution in [3.8, 4) is 0 Å². The standard InChI is InChI=1S/C14H17FN2O/c1-2-3-14(18)16-7-6-10-9-17-13-8-11(15)4-5-12(10)13/h4-5,8-9,17H,2-3,6-7H2,1H3,(H,16,18). The molecule has 0 aliphatic heterocycles. The molecule has 3 nitrogen and oxygen atoms in total. The van der Waals surface area contributed by atoms with Crippen LogP contribution in [0.15, 0.2) is 24.4 Å². The number of hydrogen-bond acceptors (Lipinski definition) is 1. The lowest BCUT2D eigenvalue weighted by molar-refractivity contribution is -0.121. The van der Waals surface area contributed by atoms with Crippen molar-refractivity contribution in [2.45, 2.75) is 26.2 Å². The molecule has 0 saturated heterocycles. The highest BCUT2D eigenvalue weighted by Crippen LogP contribution is 2.19. The Morgan fingerprint density at radius 3 is 3.06 bits per heavy atom. The molecule has 4 heteroatoms. The topological polar surface area (TPSA) is 44.9 Å². The maximum absolute atomic E-state index is 13.0. The van der Waals surface area contributed by atoms with E-state index in [9.17, 15) is 9.18 Å². The molecule has 0 aliphatic rings. The van der Waals surface area contributed by atoms with Crippen LogP contribution in [0.2, 0.25) is 0 Å². The second-order valence-electron chi connectivity index (χ2n) is 4.35. The van der Waals surface area contributed by atoms with Gasteiger partial charge in [0.15, 0.2) is 0 Å². The number of carbonyl (C=O) groups excluding carboxylic acids is 1. The lowest BCUT2D eigenvalue weighted by Gasteiger charge is -2.03. The number of rotatable bonds is 5. The number of amides is 1. The first-order chi connectivity index (χ1) is 8.70. The molecular formula is C14H17FN2O. The number of nitrogens with one attached hydrogen (secondary N) is 2. The Morgan fingerprint density at radius 1 is 1.44 bits per heavy atom. The van der Waals surface area contributed by atoms with Crippen molar-refractivity contribution in [1.29, 1.82) is 0 Å². The number of carbonyl (C=O) groups is 1. The Hall–Kier alpha value is -1.84. The van der Waals surface area contributed by atoms with Crippen molar-refractivity contribution in [2.75, 3.05) is 6.54 Å². The number of aromatic nitrogens is 1. The normalized spacial score (nSPS) is 10.8. The summed E-state index contributed by atoms with van der Waals surface area (Å²) in [6.45, 7) is 2.59. The molecule has 0 aliphatic carbocycles. The van der Waals surface area contributed by atoms with E-state index in [0.29, 0.717) is 13.0 Å². The van der Waals surface area contributed by atoms with Crippen LogP contribution in [0.1, 0.15) is 25.3 Å². The molecule has 0 saturated carbocycles. The van der Waals surface area contributed by atoms with E-state index in [-0.39, 0.29) is 11.7 Å². The molecule has 1 amide bonds. The van der Waals surface area contributed by atoms with E-state index in [4.69, 9.17) is 0 Å². The average Bonchev–Trinajstić information content (AvgIpc) is 2.72. The van der Waals surface area contributed by atoms with Gasteiger partial charge >= 0.3 is 0 Å². The van der Waals surface area contributed by atoms with Gasteiger partial charge in [-0.05, 0) is 36.6 Å². The van der Waals surface area contributed by atoms with Gasteiger partial charge in [0.05, 0.1) is 0 Å². The molecule has 2 N–H and O–H groups in total. The highest BCUT2D eigenvalue weighted by atomic mass is 19.1. The van der Waals surface area contributed by atoms with Crippen molar-refractivity contribution < 1.29 is 9.18 Å². The van der Waals surface area contributed by atoms with E-state index in [0.717, 1.165) is 29.3 Å². The van der Waals surface area contributed by atoms with Crippen LogP contribution < -0.4 is 5.32 Å². The number of benzene rings is 1. The first-order valence-corrected chi connectivity index (χ1v) is 6.23. The summed E-state index contributed by atoms with van der Waals surface area (Å²) >= 11 is 0. The van der Waals surface area contributed by atoms with Gasteiger partial charge in [0, 0.05) is 30.1 Å². The van der Waals surface area contributed by atoms with E-state index >= 15 is 0 Å². The van der Waals surface area contributed by atoms with Gasteiger partial charge in [-0.3, -0.25) is 4.79 Å². The van der Waals surface area contributed by atoms with Crippen LogP contribution in [0, 0.1) is 5.82 Å². The van der Waals surface area contributed by atoms with Gasteiger partial charge in [-0.1, -0.05) is 6.92 Å². The van der Waals surface area contributed by atoms with Gasteiger partial charge in [0.25, 0.3) is 0 Å². The van der Waals surface area contributed by atoms with Crippen molar-refractivity contribution in [1.82, 2.24) is 10.3 Å². The average molecular weight is 248 g/mol. The Labute approximate surface area is 105 Å². The minimum Gasteiger partial charge on any atom is -0.361 e. The summed E-state index contributed by atoms with van der Waals surface area (Å²) in [5.74, 6) is -0.157. The number of aromatic amines is 1. The van der Waals surface area contributed by atoms with E-state index in [1.54, 1.807) is 6.07 Å². The summed E-state index contributed by atoms with van der Waals surface area (Å²) in [7, 11) is 0. The summed E-state index contributed by atoms with van der Waals surface area (Å²) in [6.07, 6.45) is 4.05. The maximum atomic E-state index is 13.0. The molecule has 0 spiro atoms. The summed E-state index contributed by atoms with van der Waals surface area (Å²) in [5, 5.41) is 3.89. The molecule has 2 rings (SSSR count). The molecule has 0 radical (unpaired) electrons. The molecule has 2 aromatic rings. The molecule has 0 atom stereocenters. The van der Waals surface area contributed by atoms with Crippen molar-refractivity contribution in [3.05, 3.63) is 35.8 Å². The van der Waals surface area contributed by atoms with E-state index in [1.807, 2.05) is 13.1 Å². The first kappa shape index (κ1) is 12.6. The quantitative estimate of drug-likeness (QED) is 0.839. The second-order valence-corrected chi connectivity index (χ2v) is 4.35. The van der Waals surface area contributed by atoms with Crippen LogP contribution in [-0.4, -0.2) is 17.4 Å². The SMILES string of the molecule is CCCC(=O)NCCc1c[nH]c2cc(F)ccc12. The van der Waals surface area contributed by atoms with Crippen molar-refractivity contribution in [2.24, 2.45) is 0 Å². The minimum atomic E-state index is -0.243. The fraction of sp³-hybridized carbons (Fsp3) is 0.357. The second kappa shape index (κ2) is 5.67. The third-order valence-corrected chi connectivity index (χ3v) is 2.92. The lowest BCUT2D eigenvalue weighted by Crippen LogP contribution is -2.25. The largest absolute Gasteiger partial charge is 0.361 e. The van der Waals surface area contributed by atoms with E-state index < -0.39 is 0 Å². The fourth-order valence-electron chi connectivity index (χ4n) is 2.02. The molecule has 96 valence electrons. The van der Waals surface area contributed by atoms with Gasteiger partial charge < -0.3 is 10.3 Å². The third kappa shape index (κ3) is 2.88. The summed E-state index contributed by atoms with van der Waals surface area (Å²) < 4.78 is 13.0. The molecule has 1 heterocycles. The predicted octanol–water partition coefficient (Wildman–Crippen LogP) is 2.77. The van der Waals surface area contributed by atoms with Crippen LogP contribution in [0.3, 0.4) is 0 Å². The van der Waals surface area contributed by atoms with Gasteiger partial charge in [-0.25, -0.2) is 4.39 Å². The zero-order valence-corrected chi connectivity index (χ0v) is 10.4. The molecule has 1 aromatic carbocycles. The van der Waals surface area contributed by atoms with Gasteiger partial charge in [-0.2, -0.15) is 0 Å². The number of halogens is 1. The Bertz CT molecular complexity index is 548. The van der Waals surface area contributed by atoms with E-state index in [1.165, 1.54) is 12.1 Å². The third-order valence-electron chi connectivity index (χ3n) is 2.92. The molecule has 0 bridgehead atoms. The summed E-state index contributed by atoms with van der Waals surface area (Å²) in [6, 6.07) is 4.70. The van der Waals surface area contributed by atoms with Gasteiger partial charge in [-0.15, -0.1) is 0 Å². The maximum Gasteiger partial charge on any atom is 0.219 e. The van der Waals surface area contributed by atoms with Crippen LogP contribution >= 0.6 is 0 Å². The minimum absolute atomic E-state index is 0.0865. The van der Waals surface area contributed by atoms with Crippen molar-refractivity contribution >= 4 is 16.8 Å². The summed E-state index contributed by atoms with van der Waals surface area (Å²) in [4.78, 5) is 14.4. The molecular weight excluding hydrogens is 231 g/mol. The Morgan fingerprint density at radius 2 is 2.28 bits per heavy atom. The Balaban J connectivity index is 1.98. The van der Waals surface area contributed by atoms with Crippen LogP contribution in [0.25, 0.3) is 10.9 Å². The molecule has 0 fully saturated rings. The van der Waals surface area contributed by atoms with Gasteiger partial charge in [0.2, 0.25) is 5.91 Å². The molecule has 18 heavy (non-hydrogen) atoms. The first-order valence-electron chi connectivity index (χ1n) is 6.23. The zero-order valence-electron chi connectivity index (χ0n) is 10.4. The zero-order chi connectivity index (χ0) is 13.0. The molecule has 0 unspecified atom stereocenters. The monoisotopic (exact) mass is 248 g/mol. The highest BCUT2D eigenvalue weighted by Gasteiger charge is 2.05. The summed E-state index contributed by atoms with van der Waals surface area (Å²) in [5.41, 5.74) is 1.90. The smallest absolute Gasteiger partial charge is 0.219 e. The van der Waals surface area contributed by atoms with Gasteiger partial charge in [0.1, 0.15) is 5.82 Å². The number of fused-ring (bicyclic) bond motifs is 1. The van der Waals surface area contributed by atoms with Crippen LogP contribution in [-0.2, 0) is 11.2 Å². The van der Waals surface area contributed by atoms with Crippen LogP contribution in [0.5, 0.6) is 0 Å². The van der Waals surface area contributed by atoms with E-state index in [2.05, 4.69) is 10.3 Å². The van der Waals surface area contributed by atoms with Crippen molar-refractivity contribution in [3.63, 3.8) is 0 Å². The molecule has 1 aromatic heterocycles. The predicted molar refractivity (Wildman–Crippen MR) is 69.9 cm³/mol. The Kier molecular flexibility index (Phi) is 3.97.